The number of furan rings is 1. The molecular formula is C22H16F3N3O6. The Hall–Kier alpha value is -4.19. The molecule has 0 radical (unpaired) electrons. The maximum Gasteiger partial charge on any atom is 0.437 e. The first-order chi connectivity index (χ1) is 16.0. The Bertz CT molecular complexity index is 1260. The molecule has 2 aromatic carbocycles. The molecule has 2 amide bonds. The van der Waals surface area contributed by atoms with E-state index in [0.717, 1.165) is 0 Å². The molecule has 3 N–H and O–H groups in total. The molecule has 176 valence electrons. The fourth-order valence-corrected chi connectivity index (χ4v) is 3.86. The minimum atomic E-state index is -5.42. The van der Waals surface area contributed by atoms with Gasteiger partial charge in [-0.2, -0.15) is 13.2 Å². The molecule has 12 heteroatoms. The van der Waals surface area contributed by atoms with Crippen molar-refractivity contribution in [3.05, 3.63) is 88.2 Å². The molecule has 1 aliphatic rings. The topological polar surface area (TPSA) is 135 Å². The lowest BCUT2D eigenvalue weighted by Crippen LogP contribution is -2.72. The van der Waals surface area contributed by atoms with Gasteiger partial charge in [-0.15, -0.1) is 0 Å². The summed E-state index contributed by atoms with van der Waals surface area (Å²) in [5, 5.41) is 25.6. The number of carbonyl (C=O) groups is 2. The molecule has 3 aromatic rings. The summed E-state index contributed by atoms with van der Waals surface area (Å²) in [5.41, 5.74) is -4.33. The fraction of sp³-hybridized carbons (Fsp3) is 0.182. The van der Waals surface area contributed by atoms with E-state index >= 15 is 0 Å². The average Bonchev–Trinajstić information content (AvgIpc) is 3.28. The number of halogens is 3. The lowest BCUT2D eigenvalue weighted by atomic mass is 9.79. The van der Waals surface area contributed by atoms with Crippen LogP contribution < -0.4 is 10.6 Å². The van der Waals surface area contributed by atoms with E-state index in [2.05, 4.69) is 5.32 Å². The van der Waals surface area contributed by atoms with E-state index in [4.69, 9.17) is 4.42 Å². The SMILES string of the molecule is O=C1N[C@H](c2ccc(-c3ccccc3[N+](=O)[O-])o2)[C@H](C(=O)c2ccccc2)[C@](O)(C(F)(F)F)N1. The summed E-state index contributed by atoms with van der Waals surface area (Å²) in [7, 11) is 0. The van der Waals surface area contributed by atoms with Crippen molar-refractivity contribution >= 4 is 17.5 Å². The van der Waals surface area contributed by atoms with Crippen LogP contribution in [0.25, 0.3) is 11.3 Å². The van der Waals surface area contributed by atoms with Gasteiger partial charge < -0.3 is 20.2 Å². The largest absolute Gasteiger partial charge is 0.459 e. The molecule has 0 aliphatic carbocycles. The van der Waals surface area contributed by atoms with E-state index < -0.39 is 40.6 Å². The first-order valence-electron chi connectivity index (χ1n) is 9.83. The second-order valence-electron chi connectivity index (χ2n) is 7.52. The number of urea groups is 1. The molecule has 9 nitrogen and oxygen atoms in total. The number of hydrogen-bond donors (Lipinski definition) is 3. The van der Waals surface area contributed by atoms with Crippen molar-refractivity contribution in [3.63, 3.8) is 0 Å². The quantitative estimate of drug-likeness (QED) is 0.291. The van der Waals surface area contributed by atoms with Gasteiger partial charge >= 0.3 is 12.2 Å². The maximum absolute atomic E-state index is 14.0. The highest BCUT2D eigenvalue weighted by Gasteiger charge is 2.66. The zero-order chi connectivity index (χ0) is 24.7. The van der Waals surface area contributed by atoms with Gasteiger partial charge in [-0.25, -0.2) is 4.79 Å². The number of nitro benzene ring substituents is 1. The number of para-hydroxylation sites is 1. The number of alkyl halides is 3. The van der Waals surface area contributed by atoms with E-state index in [0.29, 0.717) is 0 Å². The molecule has 0 bridgehead atoms. The highest BCUT2D eigenvalue weighted by molar-refractivity contribution is 6.00. The Balaban J connectivity index is 1.83. The van der Waals surface area contributed by atoms with Crippen LogP contribution in [0.4, 0.5) is 23.7 Å². The fourth-order valence-electron chi connectivity index (χ4n) is 3.86. The molecule has 1 aromatic heterocycles. The number of aliphatic hydroxyl groups is 1. The minimum Gasteiger partial charge on any atom is -0.459 e. The van der Waals surface area contributed by atoms with Crippen LogP contribution in [0.3, 0.4) is 0 Å². The van der Waals surface area contributed by atoms with Crippen LogP contribution in [0.5, 0.6) is 0 Å². The minimum absolute atomic E-state index is 0.0380. The normalized spacial score (nSPS) is 22.5. The maximum atomic E-state index is 14.0. The van der Waals surface area contributed by atoms with E-state index in [1.165, 1.54) is 66.0 Å². The first kappa shape index (κ1) is 23.0. The zero-order valence-electron chi connectivity index (χ0n) is 17.1. The summed E-state index contributed by atoms with van der Waals surface area (Å²) in [4.78, 5) is 36.0. The van der Waals surface area contributed by atoms with Crippen molar-refractivity contribution < 1.29 is 37.2 Å². The molecule has 0 saturated carbocycles. The van der Waals surface area contributed by atoms with Gasteiger partial charge in [0.25, 0.3) is 5.69 Å². The van der Waals surface area contributed by atoms with Gasteiger partial charge in [-0.1, -0.05) is 42.5 Å². The Labute approximate surface area is 189 Å². The van der Waals surface area contributed by atoms with E-state index in [1.54, 1.807) is 6.07 Å². The third-order valence-electron chi connectivity index (χ3n) is 5.45. The molecule has 1 aliphatic heterocycles. The second kappa shape index (κ2) is 8.30. The van der Waals surface area contributed by atoms with Gasteiger partial charge in [-0.05, 0) is 18.2 Å². The van der Waals surface area contributed by atoms with Crippen LogP contribution in [-0.2, 0) is 0 Å². The third-order valence-corrected chi connectivity index (χ3v) is 5.45. The van der Waals surface area contributed by atoms with Crippen molar-refractivity contribution in [2.75, 3.05) is 0 Å². The summed E-state index contributed by atoms with van der Waals surface area (Å²) >= 11 is 0. The summed E-state index contributed by atoms with van der Waals surface area (Å²) in [6, 6.07) is 11.8. The first-order valence-corrected chi connectivity index (χ1v) is 9.83. The summed E-state index contributed by atoms with van der Waals surface area (Å²) in [6.45, 7) is 0. The molecule has 0 spiro atoms. The lowest BCUT2D eigenvalue weighted by Gasteiger charge is -2.44. The highest BCUT2D eigenvalue weighted by atomic mass is 19.4. The van der Waals surface area contributed by atoms with Crippen LogP contribution in [0.1, 0.15) is 22.2 Å². The second-order valence-corrected chi connectivity index (χ2v) is 7.52. The lowest BCUT2D eigenvalue weighted by molar-refractivity contribution is -0.384. The average molecular weight is 475 g/mol. The van der Waals surface area contributed by atoms with Crippen LogP contribution in [-0.4, -0.2) is 33.7 Å². The third kappa shape index (κ3) is 3.88. The number of benzene rings is 2. The predicted octanol–water partition coefficient (Wildman–Crippen LogP) is 3.96. The molecule has 4 rings (SSSR count). The van der Waals surface area contributed by atoms with Crippen molar-refractivity contribution in [1.82, 2.24) is 10.6 Å². The Kier molecular flexibility index (Phi) is 5.61. The van der Waals surface area contributed by atoms with Gasteiger partial charge in [-0.3, -0.25) is 14.9 Å². The number of amides is 2. The molecule has 1 fully saturated rings. The van der Waals surface area contributed by atoms with Crippen LogP contribution in [0.15, 0.2) is 71.1 Å². The number of nitrogens with one attached hydrogen (secondary N) is 2. The van der Waals surface area contributed by atoms with Gasteiger partial charge in [0, 0.05) is 11.6 Å². The summed E-state index contributed by atoms with van der Waals surface area (Å²) in [6.07, 6.45) is -5.42. The number of rotatable bonds is 5. The monoisotopic (exact) mass is 475 g/mol. The number of carbonyl (C=O) groups excluding carboxylic acids is 2. The Morgan fingerprint density at radius 1 is 1.06 bits per heavy atom. The van der Waals surface area contributed by atoms with Gasteiger partial charge in [0.05, 0.1) is 10.5 Å². The standard InChI is InChI=1S/C22H16F3N3O6/c23-22(24,25)21(31)17(19(29)12-6-2-1-3-7-12)18(26-20(30)27-21)16-11-10-15(34-16)13-8-4-5-9-14(13)28(32)33/h1-11,17-18,31H,(H2,26,27,30)/t17-,18-,21+/m1/s1. The van der Waals surface area contributed by atoms with Gasteiger partial charge in [0.15, 0.2) is 5.78 Å². The number of ketones is 1. The molecule has 1 saturated heterocycles. The molecule has 3 atom stereocenters. The van der Waals surface area contributed by atoms with Crippen molar-refractivity contribution in [1.29, 1.82) is 0 Å². The highest BCUT2D eigenvalue weighted by Crippen LogP contribution is 2.45. The van der Waals surface area contributed by atoms with E-state index in [9.17, 15) is 38.0 Å². The summed E-state index contributed by atoms with van der Waals surface area (Å²) in [5.74, 6) is -3.77. The van der Waals surface area contributed by atoms with Crippen LogP contribution in [0.2, 0.25) is 0 Å². The smallest absolute Gasteiger partial charge is 0.437 e. The molecule has 0 unspecified atom stereocenters. The van der Waals surface area contributed by atoms with E-state index in [1.807, 2.05) is 0 Å². The van der Waals surface area contributed by atoms with Crippen LogP contribution in [0, 0.1) is 16.0 Å². The number of Topliss-reactive ketones (excluding diaryl/α,β-unsaturated/α-hetero) is 1. The van der Waals surface area contributed by atoms with Crippen LogP contribution >= 0.6 is 0 Å². The molecule has 2 heterocycles. The van der Waals surface area contributed by atoms with Crippen molar-refractivity contribution in [2.45, 2.75) is 17.9 Å². The number of nitrogens with zero attached hydrogens (tertiary/aromatic N) is 1. The van der Waals surface area contributed by atoms with Crippen molar-refractivity contribution in [2.24, 2.45) is 5.92 Å². The Morgan fingerprint density at radius 2 is 1.71 bits per heavy atom. The van der Waals surface area contributed by atoms with Gasteiger partial charge in [0.2, 0.25) is 5.72 Å². The zero-order valence-corrected chi connectivity index (χ0v) is 17.1. The Morgan fingerprint density at radius 3 is 2.35 bits per heavy atom. The summed E-state index contributed by atoms with van der Waals surface area (Å²) < 4.78 is 47.5. The van der Waals surface area contributed by atoms with Gasteiger partial charge in [0.1, 0.15) is 23.5 Å². The predicted molar refractivity (Wildman–Crippen MR) is 110 cm³/mol. The number of nitro groups is 1. The number of hydrogen-bond acceptors (Lipinski definition) is 6. The molecular weight excluding hydrogens is 459 g/mol. The van der Waals surface area contributed by atoms with Crippen molar-refractivity contribution in [3.8, 4) is 11.3 Å². The molecule has 34 heavy (non-hydrogen) atoms. The van der Waals surface area contributed by atoms with E-state index in [-0.39, 0.29) is 28.3 Å².